The normalized spacial score (nSPS) is 10.5. The molecule has 90 valence electrons. The van der Waals surface area contributed by atoms with Crippen molar-refractivity contribution in [3.8, 4) is 5.75 Å². The van der Waals surface area contributed by atoms with E-state index in [9.17, 15) is 0 Å². The molecular formula is C11H11BrN2O3. The number of methoxy groups -OCH3 is 1. The lowest BCUT2D eigenvalue weighted by Crippen LogP contribution is -1.95. The van der Waals surface area contributed by atoms with Crippen LogP contribution in [0.25, 0.3) is 0 Å². The Hall–Kier alpha value is -1.40. The van der Waals surface area contributed by atoms with Gasteiger partial charge in [0, 0.05) is 23.8 Å². The van der Waals surface area contributed by atoms with Crippen LogP contribution in [-0.4, -0.2) is 17.3 Å². The van der Waals surface area contributed by atoms with Gasteiger partial charge in [0.1, 0.15) is 24.7 Å². The molecule has 0 aliphatic heterocycles. The van der Waals surface area contributed by atoms with Crippen LogP contribution in [0.3, 0.4) is 0 Å². The zero-order valence-corrected chi connectivity index (χ0v) is 10.8. The molecule has 5 nitrogen and oxygen atoms in total. The lowest BCUT2D eigenvalue weighted by Gasteiger charge is -2.02. The molecule has 0 aliphatic rings. The van der Waals surface area contributed by atoms with E-state index in [0.29, 0.717) is 24.7 Å². The highest BCUT2D eigenvalue weighted by molar-refractivity contribution is 9.10. The van der Waals surface area contributed by atoms with Crippen molar-refractivity contribution in [1.29, 1.82) is 0 Å². The van der Waals surface area contributed by atoms with Crippen LogP contribution in [0.4, 0.5) is 0 Å². The SMILES string of the molecule is COCc1cc(COc2cncc(Br)c2)no1. The highest BCUT2D eigenvalue weighted by atomic mass is 79.9. The summed E-state index contributed by atoms with van der Waals surface area (Å²) in [6.45, 7) is 0.747. The van der Waals surface area contributed by atoms with Gasteiger partial charge in [0.25, 0.3) is 0 Å². The first kappa shape index (κ1) is 12.1. The topological polar surface area (TPSA) is 57.4 Å². The Morgan fingerprint density at radius 1 is 1.29 bits per heavy atom. The molecule has 2 aromatic heterocycles. The number of rotatable bonds is 5. The van der Waals surface area contributed by atoms with E-state index in [1.807, 2.05) is 6.07 Å². The van der Waals surface area contributed by atoms with Crippen molar-refractivity contribution in [2.45, 2.75) is 13.2 Å². The highest BCUT2D eigenvalue weighted by Gasteiger charge is 2.04. The maximum absolute atomic E-state index is 5.51. The van der Waals surface area contributed by atoms with Gasteiger partial charge in [-0.15, -0.1) is 0 Å². The van der Waals surface area contributed by atoms with Gasteiger partial charge in [-0.05, 0) is 22.0 Å². The quantitative estimate of drug-likeness (QED) is 0.849. The number of aromatic nitrogens is 2. The molecule has 2 aromatic rings. The number of hydrogen-bond acceptors (Lipinski definition) is 5. The second-order valence-electron chi connectivity index (χ2n) is 3.35. The first-order valence-electron chi connectivity index (χ1n) is 4.94. The minimum Gasteiger partial charge on any atom is -0.486 e. The van der Waals surface area contributed by atoms with Crippen LogP contribution in [0.2, 0.25) is 0 Å². The maximum Gasteiger partial charge on any atom is 0.162 e. The fourth-order valence-corrected chi connectivity index (χ4v) is 1.61. The molecule has 0 N–H and O–H groups in total. The van der Waals surface area contributed by atoms with Gasteiger partial charge in [-0.1, -0.05) is 5.16 Å². The first-order chi connectivity index (χ1) is 8.28. The van der Waals surface area contributed by atoms with Crippen LogP contribution >= 0.6 is 15.9 Å². The maximum atomic E-state index is 5.51. The summed E-state index contributed by atoms with van der Waals surface area (Å²) in [4.78, 5) is 4.00. The standard InChI is InChI=1S/C11H11BrN2O3/c1-15-7-11-3-9(14-17-11)6-16-10-2-8(12)4-13-5-10/h2-5H,6-7H2,1H3. The third-order valence-corrected chi connectivity index (χ3v) is 2.39. The molecule has 2 rings (SSSR count). The summed E-state index contributed by atoms with van der Waals surface area (Å²) in [5.41, 5.74) is 0.719. The van der Waals surface area contributed by atoms with Crippen molar-refractivity contribution in [3.05, 3.63) is 40.5 Å². The Labute approximate surface area is 107 Å². The van der Waals surface area contributed by atoms with E-state index < -0.39 is 0 Å². The Morgan fingerprint density at radius 2 is 2.18 bits per heavy atom. The zero-order chi connectivity index (χ0) is 12.1. The minimum atomic E-state index is 0.339. The molecule has 0 amide bonds. The minimum absolute atomic E-state index is 0.339. The number of halogens is 1. The third kappa shape index (κ3) is 3.54. The zero-order valence-electron chi connectivity index (χ0n) is 9.22. The van der Waals surface area contributed by atoms with Gasteiger partial charge >= 0.3 is 0 Å². The molecule has 2 heterocycles. The van der Waals surface area contributed by atoms with E-state index in [0.717, 1.165) is 10.2 Å². The van der Waals surface area contributed by atoms with Crippen molar-refractivity contribution in [1.82, 2.24) is 10.1 Å². The molecule has 0 aromatic carbocycles. The van der Waals surface area contributed by atoms with Crippen LogP contribution in [0, 0.1) is 0 Å². The molecule has 0 aliphatic carbocycles. The molecule has 0 atom stereocenters. The molecule has 17 heavy (non-hydrogen) atoms. The number of hydrogen-bond donors (Lipinski definition) is 0. The van der Waals surface area contributed by atoms with Gasteiger partial charge in [-0.3, -0.25) is 4.98 Å². The summed E-state index contributed by atoms with van der Waals surface area (Å²) in [6.07, 6.45) is 3.33. The third-order valence-electron chi connectivity index (χ3n) is 1.96. The van der Waals surface area contributed by atoms with Crippen molar-refractivity contribution in [2.24, 2.45) is 0 Å². The summed E-state index contributed by atoms with van der Waals surface area (Å²) < 4.78 is 16.3. The fourth-order valence-electron chi connectivity index (χ4n) is 1.26. The lowest BCUT2D eigenvalue weighted by molar-refractivity contribution is 0.155. The smallest absolute Gasteiger partial charge is 0.162 e. The van der Waals surface area contributed by atoms with E-state index in [4.69, 9.17) is 14.0 Å². The Kier molecular flexibility index (Phi) is 4.11. The second-order valence-corrected chi connectivity index (χ2v) is 4.26. The van der Waals surface area contributed by atoms with Crippen LogP contribution in [0.5, 0.6) is 5.75 Å². The number of pyridine rings is 1. The van der Waals surface area contributed by atoms with Crippen LogP contribution in [-0.2, 0) is 18.0 Å². The summed E-state index contributed by atoms with van der Waals surface area (Å²) in [5.74, 6) is 1.36. The fraction of sp³-hybridized carbons (Fsp3) is 0.273. The van der Waals surface area contributed by atoms with Crippen LogP contribution in [0.1, 0.15) is 11.5 Å². The van der Waals surface area contributed by atoms with Gasteiger partial charge in [0.05, 0.1) is 6.20 Å². The van der Waals surface area contributed by atoms with Gasteiger partial charge < -0.3 is 14.0 Å². The molecule has 0 saturated carbocycles. The Balaban J connectivity index is 1.93. The predicted molar refractivity (Wildman–Crippen MR) is 63.5 cm³/mol. The molecular weight excluding hydrogens is 288 g/mol. The van der Waals surface area contributed by atoms with Crippen LogP contribution < -0.4 is 4.74 Å². The summed E-state index contributed by atoms with van der Waals surface area (Å²) in [5, 5.41) is 3.86. The van der Waals surface area contributed by atoms with Gasteiger partial charge in [0.2, 0.25) is 0 Å². The van der Waals surface area contributed by atoms with E-state index in [1.54, 1.807) is 25.6 Å². The summed E-state index contributed by atoms with van der Waals surface area (Å²) in [6, 6.07) is 3.64. The average Bonchev–Trinajstić information content (AvgIpc) is 2.75. The molecule has 0 saturated heterocycles. The van der Waals surface area contributed by atoms with Crippen LogP contribution in [0.15, 0.2) is 33.5 Å². The number of ether oxygens (including phenoxy) is 2. The Bertz CT molecular complexity index is 487. The Morgan fingerprint density at radius 3 is 2.94 bits per heavy atom. The van der Waals surface area contributed by atoms with Crippen molar-refractivity contribution < 1.29 is 14.0 Å². The highest BCUT2D eigenvalue weighted by Crippen LogP contribution is 2.17. The molecule has 0 spiro atoms. The summed E-state index contributed by atoms with van der Waals surface area (Å²) in [7, 11) is 1.60. The monoisotopic (exact) mass is 298 g/mol. The summed E-state index contributed by atoms with van der Waals surface area (Å²) >= 11 is 3.32. The van der Waals surface area contributed by atoms with Crippen molar-refractivity contribution in [2.75, 3.05) is 7.11 Å². The predicted octanol–water partition coefficient (Wildman–Crippen LogP) is 2.56. The molecule has 0 radical (unpaired) electrons. The van der Waals surface area contributed by atoms with Gasteiger partial charge in [0.15, 0.2) is 5.76 Å². The molecule has 6 heteroatoms. The molecule has 0 unspecified atom stereocenters. The lowest BCUT2D eigenvalue weighted by atomic mass is 10.4. The van der Waals surface area contributed by atoms with E-state index >= 15 is 0 Å². The average molecular weight is 299 g/mol. The van der Waals surface area contributed by atoms with Crippen molar-refractivity contribution in [3.63, 3.8) is 0 Å². The second kappa shape index (κ2) is 5.79. The van der Waals surface area contributed by atoms with E-state index in [1.165, 1.54) is 0 Å². The van der Waals surface area contributed by atoms with Gasteiger partial charge in [-0.25, -0.2) is 0 Å². The van der Waals surface area contributed by atoms with Crippen molar-refractivity contribution >= 4 is 15.9 Å². The van der Waals surface area contributed by atoms with Gasteiger partial charge in [-0.2, -0.15) is 0 Å². The first-order valence-corrected chi connectivity index (χ1v) is 5.74. The number of nitrogens with zero attached hydrogens (tertiary/aromatic N) is 2. The molecule has 0 fully saturated rings. The van der Waals surface area contributed by atoms with E-state index in [2.05, 4.69) is 26.1 Å². The largest absolute Gasteiger partial charge is 0.486 e. The van der Waals surface area contributed by atoms with E-state index in [-0.39, 0.29) is 0 Å². The molecule has 0 bridgehead atoms.